The topological polar surface area (TPSA) is 74.3 Å². The molecule has 4 rings (SSSR count). The van der Waals surface area contributed by atoms with Gasteiger partial charge in [-0.1, -0.05) is 17.8 Å². The third-order valence-corrected chi connectivity index (χ3v) is 6.14. The molecule has 0 unspecified atom stereocenters. The van der Waals surface area contributed by atoms with Gasteiger partial charge in [0.25, 0.3) is 5.56 Å². The first kappa shape index (κ1) is 19.7. The summed E-state index contributed by atoms with van der Waals surface area (Å²) in [6, 6.07) is 7.72. The predicted octanol–water partition coefficient (Wildman–Crippen LogP) is 3.86. The molecule has 1 aromatic carbocycles. The molecule has 3 heterocycles. The summed E-state index contributed by atoms with van der Waals surface area (Å²) in [6.07, 6.45) is 1.74. The molecular weight excluding hydrogens is 406 g/mol. The van der Waals surface area contributed by atoms with E-state index in [1.165, 1.54) is 34.2 Å². The quantitative estimate of drug-likeness (QED) is 0.417. The van der Waals surface area contributed by atoms with E-state index in [-0.39, 0.29) is 5.56 Å². The van der Waals surface area contributed by atoms with Crippen LogP contribution in [0.5, 0.6) is 5.75 Å². The fourth-order valence-electron chi connectivity index (χ4n) is 3.11. The maximum Gasteiger partial charge on any atom is 0.258 e. The van der Waals surface area contributed by atoms with Gasteiger partial charge in [0.05, 0.1) is 5.69 Å². The highest BCUT2D eigenvalue weighted by molar-refractivity contribution is 7.98. The van der Waals surface area contributed by atoms with Gasteiger partial charge in [-0.05, 0) is 44.0 Å². The van der Waals surface area contributed by atoms with Gasteiger partial charge in [-0.15, -0.1) is 21.5 Å². The molecule has 0 aliphatic heterocycles. The van der Waals surface area contributed by atoms with Crippen LogP contribution in [0.1, 0.15) is 29.6 Å². The van der Waals surface area contributed by atoms with Crippen LogP contribution < -0.4 is 10.3 Å². The molecular formula is C20H21N5O2S2. The lowest BCUT2D eigenvalue weighted by Crippen LogP contribution is -2.12. The Morgan fingerprint density at radius 1 is 1.14 bits per heavy atom. The van der Waals surface area contributed by atoms with E-state index < -0.39 is 0 Å². The zero-order valence-electron chi connectivity index (χ0n) is 16.5. The second-order valence-electron chi connectivity index (χ2n) is 6.69. The number of nitrogens with zero attached hydrogens (tertiary/aromatic N) is 5. The lowest BCUT2D eigenvalue weighted by Gasteiger charge is -2.10. The molecule has 29 heavy (non-hydrogen) atoms. The van der Waals surface area contributed by atoms with E-state index in [1.807, 2.05) is 22.1 Å². The van der Waals surface area contributed by atoms with Gasteiger partial charge in [-0.25, -0.2) is 4.98 Å². The smallest absolute Gasteiger partial charge is 0.258 e. The van der Waals surface area contributed by atoms with Gasteiger partial charge in [0.1, 0.15) is 12.4 Å². The summed E-state index contributed by atoms with van der Waals surface area (Å²) >= 11 is 2.97. The fraction of sp³-hybridized carbons (Fsp3) is 0.300. The lowest BCUT2D eigenvalue weighted by atomic mass is 10.1. The van der Waals surface area contributed by atoms with E-state index in [1.54, 1.807) is 16.7 Å². The van der Waals surface area contributed by atoms with Crippen LogP contribution in [0.4, 0.5) is 0 Å². The van der Waals surface area contributed by atoms with Crippen molar-refractivity contribution in [1.29, 1.82) is 0 Å². The largest absolute Gasteiger partial charge is 0.486 e. The molecule has 4 aromatic rings. The second kappa shape index (κ2) is 8.38. The Bertz CT molecular complexity index is 1190. The van der Waals surface area contributed by atoms with Crippen molar-refractivity contribution in [2.75, 3.05) is 0 Å². The number of hydrogen-bond acceptors (Lipinski definition) is 7. The monoisotopic (exact) mass is 427 g/mol. The number of aryl methyl sites for hydroxylation is 2. The van der Waals surface area contributed by atoms with E-state index >= 15 is 0 Å². The average Bonchev–Trinajstić information content (AvgIpc) is 3.30. The number of rotatable bonds is 7. The van der Waals surface area contributed by atoms with Gasteiger partial charge in [-0.2, -0.15) is 0 Å². The van der Waals surface area contributed by atoms with Crippen molar-refractivity contribution >= 4 is 28.1 Å². The van der Waals surface area contributed by atoms with Crippen LogP contribution in [0.2, 0.25) is 0 Å². The highest BCUT2D eigenvalue weighted by Gasteiger charge is 2.13. The maximum absolute atomic E-state index is 12.1. The molecule has 7 nitrogen and oxygen atoms in total. The Kier molecular flexibility index (Phi) is 5.68. The van der Waals surface area contributed by atoms with E-state index in [9.17, 15) is 4.79 Å². The van der Waals surface area contributed by atoms with Crippen molar-refractivity contribution in [3.63, 3.8) is 0 Å². The molecule has 0 aliphatic rings. The minimum absolute atomic E-state index is 0.0636. The van der Waals surface area contributed by atoms with Crippen LogP contribution in [0.25, 0.3) is 4.96 Å². The number of ether oxygens (including phenoxy) is 1. The summed E-state index contributed by atoms with van der Waals surface area (Å²) in [5, 5.41) is 11.3. The van der Waals surface area contributed by atoms with Gasteiger partial charge >= 0.3 is 0 Å². The van der Waals surface area contributed by atoms with Crippen molar-refractivity contribution in [2.45, 2.75) is 44.8 Å². The minimum Gasteiger partial charge on any atom is -0.486 e. The van der Waals surface area contributed by atoms with Crippen LogP contribution in [0, 0.1) is 13.8 Å². The third kappa shape index (κ3) is 4.35. The summed E-state index contributed by atoms with van der Waals surface area (Å²) in [5.41, 5.74) is 3.01. The SMILES string of the molecule is CCn1c(COc2cc(C)cc(C)c2)nnc1SCc1cc(=O)n2ccsc2n1. The highest BCUT2D eigenvalue weighted by Crippen LogP contribution is 2.23. The summed E-state index contributed by atoms with van der Waals surface area (Å²) in [6.45, 7) is 7.25. The predicted molar refractivity (Wildman–Crippen MR) is 115 cm³/mol. The van der Waals surface area contributed by atoms with Crippen LogP contribution >= 0.6 is 23.1 Å². The Labute approximate surface area is 176 Å². The van der Waals surface area contributed by atoms with Crippen molar-refractivity contribution in [1.82, 2.24) is 24.1 Å². The maximum atomic E-state index is 12.1. The highest BCUT2D eigenvalue weighted by atomic mass is 32.2. The Morgan fingerprint density at radius 3 is 2.69 bits per heavy atom. The Morgan fingerprint density at radius 2 is 1.93 bits per heavy atom. The number of thiazole rings is 1. The molecule has 0 spiro atoms. The van der Waals surface area contributed by atoms with Gasteiger partial charge in [0, 0.05) is 29.9 Å². The fourth-order valence-corrected chi connectivity index (χ4v) is 4.77. The van der Waals surface area contributed by atoms with Gasteiger partial charge in [0.15, 0.2) is 15.9 Å². The number of thioether (sulfide) groups is 1. The molecule has 0 saturated carbocycles. The first-order valence-corrected chi connectivity index (χ1v) is 11.1. The summed E-state index contributed by atoms with van der Waals surface area (Å²) in [4.78, 5) is 17.4. The number of hydrogen-bond donors (Lipinski definition) is 0. The second-order valence-corrected chi connectivity index (χ2v) is 8.50. The van der Waals surface area contributed by atoms with Gasteiger partial charge < -0.3 is 9.30 Å². The lowest BCUT2D eigenvalue weighted by molar-refractivity contribution is 0.288. The van der Waals surface area contributed by atoms with Gasteiger partial charge in [0.2, 0.25) is 0 Å². The summed E-state index contributed by atoms with van der Waals surface area (Å²) in [7, 11) is 0. The van der Waals surface area contributed by atoms with Crippen molar-refractivity contribution in [2.24, 2.45) is 0 Å². The molecule has 0 N–H and O–H groups in total. The van der Waals surface area contributed by atoms with Crippen molar-refractivity contribution in [3.8, 4) is 5.75 Å². The Balaban J connectivity index is 1.47. The molecule has 0 aliphatic carbocycles. The average molecular weight is 428 g/mol. The molecule has 0 radical (unpaired) electrons. The molecule has 0 saturated heterocycles. The summed E-state index contributed by atoms with van der Waals surface area (Å²) < 4.78 is 9.52. The van der Waals surface area contributed by atoms with Crippen LogP contribution in [0.15, 0.2) is 45.8 Å². The molecule has 0 fully saturated rings. The van der Waals surface area contributed by atoms with Gasteiger partial charge in [-0.3, -0.25) is 9.20 Å². The molecule has 9 heteroatoms. The van der Waals surface area contributed by atoms with Crippen molar-refractivity contribution < 1.29 is 4.74 Å². The zero-order chi connectivity index (χ0) is 20.4. The standard InChI is InChI=1S/C20H21N5O2S2/c1-4-24-17(11-27-16-8-13(2)7-14(3)9-16)22-23-20(24)29-12-15-10-18(26)25-5-6-28-19(25)21-15/h5-10H,4,11-12H2,1-3H3. The van der Waals surface area contributed by atoms with E-state index in [0.717, 1.165) is 29.0 Å². The molecule has 0 atom stereocenters. The molecule has 3 aromatic heterocycles. The van der Waals surface area contributed by atoms with E-state index in [2.05, 4.69) is 42.0 Å². The molecule has 150 valence electrons. The molecule has 0 amide bonds. The van der Waals surface area contributed by atoms with Crippen LogP contribution in [-0.4, -0.2) is 24.1 Å². The number of fused-ring (bicyclic) bond motifs is 1. The first-order valence-electron chi connectivity index (χ1n) is 9.25. The van der Waals surface area contributed by atoms with E-state index in [0.29, 0.717) is 17.3 Å². The van der Waals surface area contributed by atoms with Crippen LogP contribution in [-0.2, 0) is 18.9 Å². The normalized spacial score (nSPS) is 11.3. The molecule has 0 bridgehead atoms. The number of benzene rings is 1. The summed E-state index contributed by atoms with van der Waals surface area (Å²) in [5.74, 6) is 2.16. The third-order valence-electron chi connectivity index (χ3n) is 4.38. The van der Waals surface area contributed by atoms with Crippen molar-refractivity contribution in [3.05, 3.63) is 68.8 Å². The minimum atomic E-state index is -0.0636. The Hall–Kier alpha value is -2.65. The first-order chi connectivity index (χ1) is 14.0. The number of aromatic nitrogens is 5. The zero-order valence-corrected chi connectivity index (χ0v) is 18.1. The van der Waals surface area contributed by atoms with E-state index in [4.69, 9.17) is 4.74 Å². The van der Waals surface area contributed by atoms with Crippen LogP contribution in [0.3, 0.4) is 0 Å².